The molecule has 0 amide bonds. The summed E-state index contributed by atoms with van der Waals surface area (Å²) in [6.45, 7) is 3.45. The molecule has 1 aromatic rings. The van der Waals surface area contributed by atoms with E-state index in [2.05, 4.69) is 0 Å². The first-order valence-electron chi connectivity index (χ1n) is 5.92. The number of hydrogen-bond donors (Lipinski definition) is 1. The first-order valence-corrected chi connectivity index (χ1v) is 7.57. The zero-order valence-corrected chi connectivity index (χ0v) is 12.1. The molecule has 0 heterocycles. The minimum atomic E-state index is -3.54. The van der Waals surface area contributed by atoms with E-state index in [1.165, 1.54) is 20.1 Å². The van der Waals surface area contributed by atoms with Gasteiger partial charge >= 0.3 is 5.97 Å². The summed E-state index contributed by atoms with van der Waals surface area (Å²) in [7, 11) is -2.11. The second-order valence-electron chi connectivity index (χ2n) is 4.20. The molecule has 0 aromatic heterocycles. The Morgan fingerprint density at radius 3 is 2.47 bits per heavy atom. The van der Waals surface area contributed by atoms with Gasteiger partial charge in [0.1, 0.15) is 0 Å². The average Bonchev–Trinajstić information content (AvgIpc) is 2.35. The van der Waals surface area contributed by atoms with Crippen LogP contribution in [0.15, 0.2) is 17.0 Å². The number of rotatable bonds is 6. The number of ether oxygens (including phenoxy) is 1. The zero-order valence-electron chi connectivity index (χ0n) is 11.3. The second-order valence-corrected chi connectivity index (χ2v) is 6.24. The summed E-state index contributed by atoms with van der Waals surface area (Å²) < 4.78 is 29.4. The maximum absolute atomic E-state index is 12.3. The highest BCUT2D eigenvalue weighted by Gasteiger charge is 2.23. The number of aryl methyl sites for hydroxylation is 1. The van der Waals surface area contributed by atoms with Crippen LogP contribution in [-0.4, -0.2) is 39.0 Å². The van der Waals surface area contributed by atoms with E-state index in [9.17, 15) is 13.2 Å². The average molecular weight is 286 g/mol. The lowest BCUT2D eigenvalue weighted by Crippen LogP contribution is -2.16. The monoisotopic (exact) mass is 286 g/mol. The van der Waals surface area contributed by atoms with Crippen LogP contribution in [0, 0.1) is 6.92 Å². The van der Waals surface area contributed by atoms with Crippen LogP contribution in [0.5, 0.6) is 0 Å². The fourth-order valence-electron chi connectivity index (χ4n) is 1.99. The molecule has 0 atom stereocenters. The maximum atomic E-state index is 12.3. The number of benzene rings is 1. The van der Waals surface area contributed by atoms with Gasteiger partial charge in [0.05, 0.1) is 22.8 Å². The first kappa shape index (κ1) is 15.7. The van der Waals surface area contributed by atoms with Crippen LogP contribution in [-0.2, 0) is 21.0 Å². The van der Waals surface area contributed by atoms with E-state index in [4.69, 9.17) is 9.84 Å². The number of aromatic carboxylic acids is 1. The van der Waals surface area contributed by atoms with E-state index >= 15 is 0 Å². The third kappa shape index (κ3) is 3.33. The van der Waals surface area contributed by atoms with Crippen molar-refractivity contribution in [1.29, 1.82) is 0 Å². The smallest absolute Gasteiger partial charge is 0.335 e. The van der Waals surface area contributed by atoms with Crippen LogP contribution in [0.2, 0.25) is 0 Å². The molecule has 0 aliphatic heterocycles. The predicted octanol–water partition coefficient (Wildman–Crippen LogP) is 1.68. The fraction of sp³-hybridized carbons (Fsp3) is 0.462. The number of carbonyl (C=O) groups is 1. The maximum Gasteiger partial charge on any atom is 0.335 e. The number of methoxy groups -OCH3 is 1. The van der Waals surface area contributed by atoms with Gasteiger partial charge in [-0.15, -0.1) is 0 Å². The number of sulfone groups is 1. The Morgan fingerprint density at radius 1 is 1.37 bits per heavy atom. The third-order valence-electron chi connectivity index (χ3n) is 2.97. The summed E-state index contributed by atoms with van der Waals surface area (Å²) in [6, 6.07) is 3.02. The highest BCUT2D eigenvalue weighted by molar-refractivity contribution is 7.91. The molecule has 1 N–H and O–H groups in total. The lowest BCUT2D eigenvalue weighted by atomic mass is 10.0. The van der Waals surface area contributed by atoms with Crippen molar-refractivity contribution in [3.8, 4) is 0 Å². The zero-order chi connectivity index (χ0) is 14.6. The molecule has 5 nitrogen and oxygen atoms in total. The van der Waals surface area contributed by atoms with Crippen LogP contribution < -0.4 is 0 Å². The van der Waals surface area contributed by atoms with Crippen molar-refractivity contribution in [3.63, 3.8) is 0 Å². The van der Waals surface area contributed by atoms with Gasteiger partial charge in [0.2, 0.25) is 0 Å². The summed E-state index contributed by atoms with van der Waals surface area (Å²) in [6.07, 6.45) is 0.530. The molecule has 19 heavy (non-hydrogen) atoms. The molecule has 0 bridgehead atoms. The predicted molar refractivity (Wildman–Crippen MR) is 71.4 cm³/mol. The molecule has 1 rings (SSSR count). The van der Waals surface area contributed by atoms with Gasteiger partial charge in [0.25, 0.3) is 0 Å². The van der Waals surface area contributed by atoms with E-state index in [1.54, 1.807) is 6.07 Å². The lowest BCUT2D eigenvalue weighted by Gasteiger charge is -2.14. The van der Waals surface area contributed by atoms with Crippen LogP contribution in [0.4, 0.5) is 0 Å². The molecule has 0 unspecified atom stereocenters. The van der Waals surface area contributed by atoms with E-state index in [-0.39, 0.29) is 22.8 Å². The van der Waals surface area contributed by atoms with E-state index < -0.39 is 15.8 Å². The van der Waals surface area contributed by atoms with Gasteiger partial charge in [-0.25, -0.2) is 13.2 Å². The molecule has 106 valence electrons. The molecule has 0 saturated carbocycles. The molecular weight excluding hydrogens is 268 g/mol. The highest BCUT2D eigenvalue weighted by atomic mass is 32.2. The summed E-state index contributed by atoms with van der Waals surface area (Å²) in [4.78, 5) is 11.2. The van der Waals surface area contributed by atoms with Crippen molar-refractivity contribution < 1.29 is 23.1 Å². The van der Waals surface area contributed by atoms with Gasteiger partial charge < -0.3 is 9.84 Å². The highest BCUT2D eigenvalue weighted by Crippen LogP contribution is 2.25. The Morgan fingerprint density at radius 2 is 2.00 bits per heavy atom. The number of carboxylic acid groups (broad SMARTS) is 1. The third-order valence-corrected chi connectivity index (χ3v) is 4.86. The molecule has 0 aliphatic carbocycles. The Kier molecular flexibility index (Phi) is 5.08. The standard InChI is InChI=1S/C13H18O5S/c1-4-10-5-6-11(13(14)15)9(2)12(10)19(16,17)8-7-18-3/h5-6H,4,7-8H2,1-3H3,(H,14,15). The van der Waals surface area contributed by atoms with Gasteiger partial charge in [-0.05, 0) is 30.5 Å². The quantitative estimate of drug-likeness (QED) is 0.860. The Hall–Kier alpha value is -1.40. The van der Waals surface area contributed by atoms with Crippen molar-refractivity contribution >= 4 is 15.8 Å². The van der Waals surface area contributed by atoms with Crippen LogP contribution in [0.25, 0.3) is 0 Å². The molecule has 0 radical (unpaired) electrons. The van der Waals surface area contributed by atoms with Gasteiger partial charge in [0, 0.05) is 7.11 Å². The van der Waals surface area contributed by atoms with Gasteiger partial charge in [-0.3, -0.25) is 0 Å². The van der Waals surface area contributed by atoms with E-state index in [1.807, 2.05) is 6.92 Å². The normalized spacial score (nSPS) is 11.5. The molecule has 1 aromatic carbocycles. The van der Waals surface area contributed by atoms with Crippen molar-refractivity contribution in [2.24, 2.45) is 0 Å². The molecule has 0 fully saturated rings. The second kappa shape index (κ2) is 6.16. The minimum Gasteiger partial charge on any atom is -0.478 e. The Labute approximate surface area is 113 Å². The lowest BCUT2D eigenvalue weighted by molar-refractivity contribution is 0.0696. The summed E-state index contributed by atoms with van der Waals surface area (Å²) in [5.74, 6) is -1.27. The SMILES string of the molecule is CCc1ccc(C(=O)O)c(C)c1S(=O)(=O)CCOC. The molecule has 6 heteroatoms. The molecule has 0 spiro atoms. The van der Waals surface area contributed by atoms with Crippen LogP contribution in [0.3, 0.4) is 0 Å². The van der Waals surface area contributed by atoms with Crippen LogP contribution >= 0.6 is 0 Å². The largest absolute Gasteiger partial charge is 0.478 e. The molecule has 0 saturated heterocycles. The number of carboxylic acids is 1. The van der Waals surface area contributed by atoms with Crippen molar-refractivity contribution in [2.75, 3.05) is 19.5 Å². The Balaban J connectivity index is 3.47. The van der Waals surface area contributed by atoms with E-state index in [0.717, 1.165) is 0 Å². The summed E-state index contributed by atoms with van der Waals surface area (Å²) in [5.41, 5.74) is 0.953. The summed E-state index contributed by atoms with van der Waals surface area (Å²) in [5, 5.41) is 9.08. The van der Waals surface area contributed by atoms with Gasteiger partial charge in [-0.1, -0.05) is 13.0 Å². The van der Waals surface area contributed by atoms with Crippen LogP contribution in [0.1, 0.15) is 28.4 Å². The van der Waals surface area contributed by atoms with E-state index in [0.29, 0.717) is 17.5 Å². The van der Waals surface area contributed by atoms with Crippen molar-refractivity contribution in [1.82, 2.24) is 0 Å². The fourth-order valence-corrected chi connectivity index (χ4v) is 3.76. The topological polar surface area (TPSA) is 80.7 Å². The summed E-state index contributed by atoms with van der Waals surface area (Å²) >= 11 is 0. The van der Waals surface area contributed by atoms with Gasteiger partial charge in [-0.2, -0.15) is 0 Å². The molecule has 0 aliphatic rings. The van der Waals surface area contributed by atoms with Gasteiger partial charge in [0.15, 0.2) is 9.84 Å². The van der Waals surface area contributed by atoms with Crippen molar-refractivity contribution in [2.45, 2.75) is 25.2 Å². The molecular formula is C13H18O5S. The van der Waals surface area contributed by atoms with Crippen molar-refractivity contribution in [3.05, 3.63) is 28.8 Å². The Bertz CT molecular complexity index is 575. The number of hydrogen-bond acceptors (Lipinski definition) is 4. The minimum absolute atomic E-state index is 0.0215. The first-order chi connectivity index (χ1) is 8.85.